The minimum atomic E-state index is -4.93. The first-order chi connectivity index (χ1) is 34.5. The molecule has 0 aliphatic heterocycles. The molecule has 0 aromatic heterocycles. The van der Waals surface area contributed by atoms with E-state index >= 15 is 0 Å². The van der Waals surface area contributed by atoms with Crippen molar-refractivity contribution >= 4 is 39.5 Å². The van der Waals surface area contributed by atoms with Crippen molar-refractivity contribution in [3.63, 3.8) is 0 Å². The molecule has 0 saturated heterocycles. The van der Waals surface area contributed by atoms with Gasteiger partial charge >= 0.3 is 39.5 Å². The molecule has 0 radical (unpaired) electrons. The molecule has 19 heteroatoms. The van der Waals surface area contributed by atoms with Crippen LogP contribution >= 0.6 is 15.6 Å². The van der Waals surface area contributed by atoms with Gasteiger partial charge in [0, 0.05) is 25.7 Å². The normalized spacial score (nSPS) is 14.6. The van der Waals surface area contributed by atoms with Gasteiger partial charge in [0.25, 0.3) is 0 Å². The van der Waals surface area contributed by atoms with Crippen molar-refractivity contribution < 1.29 is 80.2 Å². The number of hydrogen-bond acceptors (Lipinski definition) is 15. The van der Waals surface area contributed by atoms with Crippen LogP contribution in [0.5, 0.6) is 0 Å². The SMILES string of the molecule is CCCCCCCCCCC(=O)OC[C@H](COP(=O)(O)OC[C@@H](O)COP(=O)(O)OC[C@@H](COC(=O)CCCCCCC)OC(=O)CCCCCCC)OC(=O)CCCCCCCCCCCCCC(C)C. The van der Waals surface area contributed by atoms with E-state index in [0.717, 1.165) is 109 Å². The van der Waals surface area contributed by atoms with Crippen molar-refractivity contribution in [2.45, 2.75) is 271 Å². The Labute approximate surface area is 435 Å². The van der Waals surface area contributed by atoms with Crippen LogP contribution in [0.3, 0.4) is 0 Å². The molecule has 0 aliphatic carbocycles. The molecule has 0 amide bonds. The summed E-state index contributed by atoms with van der Waals surface area (Å²) in [6, 6.07) is 0. The Kier molecular flexibility index (Phi) is 46.2. The maximum Gasteiger partial charge on any atom is 0.472 e. The molecule has 72 heavy (non-hydrogen) atoms. The third kappa shape index (κ3) is 47.8. The van der Waals surface area contributed by atoms with Crippen molar-refractivity contribution in [1.82, 2.24) is 0 Å². The van der Waals surface area contributed by atoms with Crippen LogP contribution in [-0.2, 0) is 65.4 Å². The number of aliphatic hydroxyl groups is 1. The number of rotatable bonds is 53. The van der Waals surface area contributed by atoms with E-state index in [1.807, 2.05) is 0 Å². The first-order valence-electron chi connectivity index (χ1n) is 28.1. The lowest BCUT2D eigenvalue weighted by Crippen LogP contribution is -2.30. The molecule has 0 aromatic rings. The van der Waals surface area contributed by atoms with Crippen LogP contribution in [0, 0.1) is 5.92 Å². The number of aliphatic hydroxyl groups excluding tert-OH is 1. The standard InChI is InChI=1S/C53H102O17P2/c1-6-9-12-15-16-23-28-32-37-51(56)64-43-49(70-53(58)39-34-29-24-21-19-17-18-20-22-27-30-35-46(4)5)45-68-72(61,62)66-41-47(54)40-65-71(59,60)67-44-48(69-52(57)38-33-26-14-11-8-3)42-63-50(55)36-31-25-13-10-7-2/h46-49,54H,6-45H2,1-5H3,(H,59,60)(H,61,62)/t47-,48+,49+/m0/s1. The summed E-state index contributed by atoms with van der Waals surface area (Å²) in [5.41, 5.74) is 0. The lowest BCUT2D eigenvalue weighted by molar-refractivity contribution is -0.161. The second-order valence-corrected chi connectivity index (χ2v) is 22.6. The second-order valence-electron chi connectivity index (χ2n) is 19.7. The van der Waals surface area contributed by atoms with Crippen molar-refractivity contribution in [1.29, 1.82) is 0 Å². The van der Waals surface area contributed by atoms with Crippen molar-refractivity contribution in [3.8, 4) is 0 Å². The smallest absolute Gasteiger partial charge is 0.462 e. The van der Waals surface area contributed by atoms with Gasteiger partial charge in [0.15, 0.2) is 12.2 Å². The maximum absolute atomic E-state index is 12.8. The Hall–Kier alpha value is -1.94. The number of phosphoric ester groups is 2. The van der Waals surface area contributed by atoms with Crippen LogP contribution in [0.25, 0.3) is 0 Å². The topological polar surface area (TPSA) is 237 Å². The van der Waals surface area contributed by atoms with E-state index in [0.29, 0.717) is 25.7 Å². The molecular weight excluding hydrogens is 971 g/mol. The van der Waals surface area contributed by atoms with Crippen LogP contribution in [0.15, 0.2) is 0 Å². The summed E-state index contributed by atoms with van der Waals surface area (Å²) in [6.07, 6.45) is 27.4. The Bertz CT molecular complexity index is 1430. The van der Waals surface area contributed by atoms with E-state index in [1.165, 1.54) is 64.2 Å². The number of ether oxygens (including phenoxy) is 4. The van der Waals surface area contributed by atoms with Gasteiger partial charge < -0.3 is 33.8 Å². The molecule has 0 spiro atoms. The highest BCUT2D eigenvalue weighted by molar-refractivity contribution is 7.47. The zero-order valence-electron chi connectivity index (χ0n) is 45.5. The fraction of sp³-hybridized carbons (Fsp3) is 0.925. The van der Waals surface area contributed by atoms with Gasteiger partial charge in [-0.25, -0.2) is 9.13 Å². The van der Waals surface area contributed by atoms with Crippen molar-refractivity contribution in [3.05, 3.63) is 0 Å². The summed E-state index contributed by atoms with van der Waals surface area (Å²) in [6.45, 7) is 6.90. The highest BCUT2D eigenvalue weighted by atomic mass is 31.2. The molecule has 3 N–H and O–H groups in total. The summed E-state index contributed by atoms with van der Waals surface area (Å²) in [7, 11) is -9.84. The van der Waals surface area contributed by atoms with E-state index in [4.69, 9.17) is 37.0 Å². The van der Waals surface area contributed by atoms with Gasteiger partial charge in [0.05, 0.1) is 26.4 Å². The molecule has 0 aromatic carbocycles. The van der Waals surface area contributed by atoms with E-state index in [1.54, 1.807) is 0 Å². The largest absolute Gasteiger partial charge is 0.472 e. The molecule has 0 saturated carbocycles. The summed E-state index contributed by atoms with van der Waals surface area (Å²) in [5.74, 6) is -1.41. The zero-order chi connectivity index (χ0) is 53.6. The molecule has 0 bridgehead atoms. The zero-order valence-corrected chi connectivity index (χ0v) is 47.3. The highest BCUT2D eigenvalue weighted by Gasteiger charge is 2.30. The third-order valence-electron chi connectivity index (χ3n) is 12.0. The Morgan fingerprint density at radius 3 is 0.944 bits per heavy atom. The molecule has 0 rings (SSSR count). The van der Waals surface area contributed by atoms with Crippen LogP contribution in [0.2, 0.25) is 0 Å². The Balaban J connectivity index is 5.12. The highest BCUT2D eigenvalue weighted by Crippen LogP contribution is 2.45. The summed E-state index contributed by atoms with van der Waals surface area (Å²) < 4.78 is 67.1. The number of carbonyl (C=O) groups is 4. The first kappa shape index (κ1) is 70.1. The van der Waals surface area contributed by atoms with Crippen molar-refractivity contribution in [2.75, 3.05) is 39.6 Å². The second kappa shape index (κ2) is 47.5. The van der Waals surface area contributed by atoms with E-state index in [9.17, 15) is 43.2 Å². The Morgan fingerprint density at radius 1 is 0.375 bits per heavy atom. The quantitative estimate of drug-likeness (QED) is 0.0222. The number of carbonyl (C=O) groups excluding carboxylic acids is 4. The summed E-state index contributed by atoms with van der Waals surface area (Å²) in [5, 5.41) is 10.4. The van der Waals surface area contributed by atoms with Crippen LogP contribution in [-0.4, -0.2) is 96.7 Å². The fourth-order valence-electron chi connectivity index (χ4n) is 7.64. The van der Waals surface area contributed by atoms with Gasteiger partial charge in [0.2, 0.25) is 0 Å². The predicted molar refractivity (Wildman–Crippen MR) is 280 cm³/mol. The number of phosphoric acid groups is 2. The van der Waals surface area contributed by atoms with Gasteiger partial charge in [-0.2, -0.15) is 0 Å². The van der Waals surface area contributed by atoms with E-state index in [2.05, 4.69) is 34.6 Å². The first-order valence-corrected chi connectivity index (χ1v) is 31.1. The Morgan fingerprint density at radius 2 is 0.639 bits per heavy atom. The van der Waals surface area contributed by atoms with Gasteiger partial charge in [-0.15, -0.1) is 0 Å². The van der Waals surface area contributed by atoms with Gasteiger partial charge in [-0.05, 0) is 31.6 Å². The van der Waals surface area contributed by atoms with Gasteiger partial charge in [-0.1, -0.05) is 202 Å². The van der Waals surface area contributed by atoms with Crippen LogP contribution in [0.1, 0.15) is 253 Å². The van der Waals surface area contributed by atoms with E-state index < -0.39 is 97.5 Å². The third-order valence-corrected chi connectivity index (χ3v) is 13.9. The molecule has 426 valence electrons. The van der Waals surface area contributed by atoms with Crippen molar-refractivity contribution in [2.24, 2.45) is 5.92 Å². The fourth-order valence-corrected chi connectivity index (χ4v) is 9.22. The molecule has 5 atom stereocenters. The van der Waals surface area contributed by atoms with Crippen LogP contribution in [0.4, 0.5) is 0 Å². The summed E-state index contributed by atoms with van der Waals surface area (Å²) in [4.78, 5) is 71.1. The molecule has 17 nitrogen and oxygen atoms in total. The minimum Gasteiger partial charge on any atom is -0.462 e. The lowest BCUT2D eigenvalue weighted by Gasteiger charge is -2.21. The van der Waals surface area contributed by atoms with Gasteiger partial charge in [0.1, 0.15) is 19.3 Å². The average molecular weight is 1070 g/mol. The summed E-state index contributed by atoms with van der Waals surface area (Å²) >= 11 is 0. The molecular formula is C53H102O17P2. The predicted octanol–water partition coefficient (Wildman–Crippen LogP) is 13.5. The number of unbranched alkanes of at least 4 members (excludes halogenated alkanes) is 25. The molecule has 0 heterocycles. The number of esters is 4. The number of hydrogen-bond donors (Lipinski definition) is 3. The average Bonchev–Trinajstić information content (AvgIpc) is 3.34. The van der Waals surface area contributed by atoms with Crippen LogP contribution < -0.4 is 0 Å². The molecule has 0 aliphatic rings. The minimum absolute atomic E-state index is 0.0986. The van der Waals surface area contributed by atoms with Gasteiger partial charge in [-0.3, -0.25) is 37.3 Å². The molecule has 2 unspecified atom stereocenters. The maximum atomic E-state index is 12.8. The molecule has 0 fully saturated rings. The lowest BCUT2D eigenvalue weighted by atomic mass is 10.0. The van der Waals surface area contributed by atoms with E-state index in [-0.39, 0.29) is 25.7 Å². The monoisotopic (exact) mass is 1070 g/mol.